The maximum Gasteiger partial charge on any atom is 0.204 e. The lowest BCUT2D eigenvalue weighted by Gasteiger charge is -2.28. The lowest BCUT2D eigenvalue weighted by atomic mass is 9.92. The maximum atomic E-state index is 9.84. The molecule has 5 N–H and O–H groups in total. The van der Waals surface area contributed by atoms with Crippen LogP contribution < -0.4 is 11.1 Å². The Bertz CT molecular complexity index is 1540. The van der Waals surface area contributed by atoms with Gasteiger partial charge in [-0.25, -0.2) is 9.97 Å². The predicted octanol–water partition coefficient (Wildman–Crippen LogP) is 4.97. The van der Waals surface area contributed by atoms with Crippen LogP contribution in [0.5, 0.6) is 0 Å². The number of hydrogen-bond acceptors (Lipinski definition) is 6. The lowest BCUT2D eigenvalue weighted by Crippen LogP contribution is -2.28. The first-order chi connectivity index (χ1) is 18.1. The number of rotatable bonds is 4. The number of benzene rings is 2. The summed E-state index contributed by atoms with van der Waals surface area (Å²) in [5.74, 6) is 0. The van der Waals surface area contributed by atoms with Crippen molar-refractivity contribution >= 4 is 34.0 Å². The van der Waals surface area contributed by atoms with E-state index in [0.29, 0.717) is 6.04 Å². The average molecular weight is 495 g/mol. The number of hydrogen-bond donors (Lipinski definition) is 4. The van der Waals surface area contributed by atoms with Gasteiger partial charge in [0.1, 0.15) is 0 Å². The number of nitrogens with one attached hydrogen (secondary N) is 2. The lowest BCUT2D eigenvalue weighted by molar-refractivity contribution is -0.106. The van der Waals surface area contributed by atoms with Gasteiger partial charge < -0.3 is 21.1 Å². The summed E-state index contributed by atoms with van der Waals surface area (Å²) in [6.07, 6.45) is 9.26. The molecule has 2 aromatic carbocycles. The van der Waals surface area contributed by atoms with Crippen molar-refractivity contribution in [1.29, 1.82) is 0 Å². The number of aromatic nitrogens is 4. The Hall–Kier alpha value is -4.30. The van der Waals surface area contributed by atoms with E-state index in [0.717, 1.165) is 75.7 Å². The molecule has 8 nitrogen and oxygen atoms in total. The van der Waals surface area contributed by atoms with Crippen molar-refractivity contribution in [2.24, 2.45) is 5.73 Å². The van der Waals surface area contributed by atoms with Crippen LogP contribution in [-0.4, -0.2) is 43.6 Å². The third-order valence-corrected chi connectivity index (χ3v) is 6.96. The second-order valence-corrected chi connectivity index (χ2v) is 9.37. The average Bonchev–Trinajstić information content (AvgIpc) is 3.39. The van der Waals surface area contributed by atoms with E-state index < -0.39 is 0 Å². The zero-order valence-corrected chi connectivity index (χ0v) is 20.7. The molecule has 6 rings (SSSR count). The third-order valence-electron chi connectivity index (χ3n) is 6.96. The minimum absolute atomic E-state index is 0.149. The zero-order valence-electron chi connectivity index (χ0n) is 20.7. The number of aromatic amines is 1. The second kappa shape index (κ2) is 10.8. The molecule has 0 unspecified atom stereocenters. The normalized spacial score (nSPS) is 17.2. The minimum atomic E-state index is -0.149. The molecule has 0 saturated heterocycles. The van der Waals surface area contributed by atoms with E-state index in [9.17, 15) is 5.11 Å². The Kier molecular flexibility index (Phi) is 7.09. The number of carbonyl (C=O) groups excluding carboxylic acids is 1. The molecule has 5 aromatic rings. The van der Waals surface area contributed by atoms with Crippen LogP contribution in [0.2, 0.25) is 0 Å². The largest absolute Gasteiger partial charge is 0.393 e. The minimum Gasteiger partial charge on any atom is -0.393 e. The molecule has 0 aliphatic heterocycles. The van der Waals surface area contributed by atoms with E-state index in [2.05, 4.69) is 81.5 Å². The molecule has 188 valence electrons. The Morgan fingerprint density at radius 3 is 2.62 bits per heavy atom. The van der Waals surface area contributed by atoms with Crippen molar-refractivity contribution in [1.82, 2.24) is 19.9 Å². The highest BCUT2D eigenvalue weighted by atomic mass is 16.3. The summed E-state index contributed by atoms with van der Waals surface area (Å²) in [5, 5.41) is 15.8. The fraction of sp³-hybridized carbons (Fsp3) is 0.241. The number of H-pyrrole nitrogens is 1. The SMILES string of the molecule is Cc1ccc(-c2nccc3c(-c4cnc5nc[nH]c5c4)cccc23)cc1NC1CCC(O)CC1.NC=O. The maximum absolute atomic E-state index is 9.84. The van der Waals surface area contributed by atoms with Gasteiger partial charge in [-0.2, -0.15) is 0 Å². The van der Waals surface area contributed by atoms with Gasteiger partial charge in [0.15, 0.2) is 5.65 Å². The number of aliphatic hydroxyl groups is 1. The fourth-order valence-corrected chi connectivity index (χ4v) is 5.03. The molecular weight excluding hydrogens is 464 g/mol. The van der Waals surface area contributed by atoms with E-state index in [-0.39, 0.29) is 12.5 Å². The molecule has 37 heavy (non-hydrogen) atoms. The highest BCUT2D eigenvalue weighted by Crippen LogP contribution is 2.35. The van der Waals surface area contributed by atoms with Crippen molar-refractivity contribution < 1.29 is 9.90 Å². The van der Waals surface area contributed by atoms with Crippen molar-refractivity contribution in [3.05, 3.63) is 72.8 Å². The number of imidazole rings is 1. The molecule has 3 heterocycles. The summed E-state index contributed by atoms with van der Waals surface area (Å²) in [4.78, 5) is 25.3. The summed E-state index contributed by atoms with van der Waals surface area (Å²) < 4.78 is 0. The molecule has 3 aromatic heterocycles. The quantitative estimate of drug-likeness (QED) is 0.261. The first kappa shape index (κ1) is 24.4. The van der Waals surface area contributed by atoms with Gasteiger partial charge in [-0.15, -0.1) is 0 Å². The molecular formula is C29H30N6O2. The fourth-order valence-electron chi connectivity index (χ4n) is 5.03. The standard InChI is InChI=1S/C28H27N5O.CH3NO/c1-17-5-6-18(13-25(17)33-20-7-9-21(34)10-8-20)27-24-4-2-3-22(23(24)11-12-29-27)19-14-26-28(30-15-19)32-16-31-26;2-1-3/h2-6,11-16,20-21,33-34H,7-10H2,1H3,(H,30,31,32);1H,(H2,2,3). The first-order valence-electron chi connectivity index (χ1n) is 12.5. The second-order valence-electron chi connectivity index (χ2n) is 9.37. The summed E-state index contributed by atoms with van der Waals surface area (Å²) in [6, 6.07) is 17.4. The van der Waals surface area contributed by atoms with Crippen molar-refractivity contribution in [2.75, 3.05) is 5.32 Å². The van der Waals surface area contributed by atoms with Gasteiger partial charge in [-0.3, -0.25) is 9.78 Å². The van der Waals surface area contributed by atoms with E-state index >= 15 is 0 Å². The Morgan fingerprint density at radius 2 is 1.81 bits per heavy atom. The molecule has 1 saturated carbocycles. The summed E-state index contributed by atoms with van der Waals surface area (Å²) in [6.45, 7) is 2.14. The van der Waals surface area contributed by atoms with Crippen molar-refractivity contribution in [3.63, 3.8) is 0 Å². The van der Waals surface area contributed by atoms with Crippen LogP contribution in [0, 0.1) is 6.92 Å². The van der Waals surface area contributed by atoms with Gasteiger partial charge >= 0.3 is 0 Å². The van der Waals surface area contributed by atoms with Gasteiger partial charge in [0, 0.05) is 40.6 Å². The number of nitrogens with two attached hydrogens (primary N) is 1. The van der Waals surface area contributed by atoms with E-state index in [4.69, 9.17) is 9.78 Å². The summed E-state index contributed by atoms with van der Waals surface area (Å²) >= 11 is 0. The van der Waals surface area contributed by atoms with Crippen LogP contribution in [-0.2, 0) is 4.79 Å². The predicted molar refractivity (Wildman–Crippen MR) is 147 cm³/mol. The number of pyridine rings is 2. The smallest absolute Gasteiger partial charge is 0.204 e. The van der Waals surface area contributed by atoms with Gasteiger partial charge in [-0.05, 0) is 67.3 Å². The third kappa shape index (κ3) is 5.15. The van der Waals surface area contributed by atoms with Crippen LogP contribution in [0.3, 0.4) is 0 Å². The number of anilines is 1. The molecule has 0 atom stereocenters. The van der Waals surface area contributed by atoms with Crippen LogP contribution in [0.4, 0.5) is 5.69 Å². The monoisotopic (exact) mass is 494 g/mol. The Labute approximate surface area is 215 Å². The van der Waals surface area contributed by atoms with Crippen molar-refractivity contribution in [2.45, 2.75) is 44.8 Å². The highest BCUT2D eigenvalue weighted by Gasteiger charge is 2.20. The number of fused-ring (bicyclic) bond motifs is 2. The molecule has 0 radical (unpaired) electrons. The van der Waals surface area contributed by atoms with Gasteiger partial charge in [0.2, 0.25) is 6.41 Å². The van der Waals surface area contributed by atoms with Crippen LogP contribution >= 0.6 is 0 Å². The summed E-state index contributed by atoms with van der Waals surface area (Å²) in [7, 11) is 0. The summed E-state index contributed by atoms with van der Waals surface area (Å²) in [5.41, 5.74) is 12.4. The first-order valence-corrected chi connectivity index (χ1v) is 12.5. The van der Waals surface area contributed by atoms with Crippen LogP contribution in [0.1, 0.15) is 31.2 Å². The van der Waals surface area contributed by atoms with Crippen LogP contribution in [0.15, 0.2) is 67.3 Å². The number of primary amides is 1. The van der Waals surface area contributed by atoms with Crippen LogP contribution in [0.25, 0.3) is 44.3 Å². The van der Waals surface area contributed by atoms with E-state index in [1.807, 2.05) is 12.4 Å². The zero-order chi connectivity index (χ0) is 25.8. The molecule has 0 bridgehead atoms. The number of aryl methyl sites for hydroxylation is 1. The molecule has 0 spiro atoms. The van der Waals surface area contributed by atoms with Gasteiger partial charge in [-0.1, -0.05) is 30.3 Å². The topological polar surface area (TPSA) is 130 Å². The van der Waals surface area contributed by atoms with Gasteiger partial charge in [0.05, 0.1) is 23.6 Å². The Balaban J connectivity index is 0.000000892. The molecule has 1 amide bonds. The number of aliphatic hydroxyl groups excluding tert-OH is 1. The van der Waals surface area contributed by atoms with Gasteiger partial charge in [0.25, 0.3) is 0 Å². The Morgan fingerprint density at radius 1 is 1.00 bits per heavy atom. The van der Waals surface area contributed by atoms with Crippen molar-refractivity contribution in [3.8, 4) is 22.4 Å². The number of carbonyl (C=O) groups is 1. The van der Waals surface area contributed by atoms with E-state index in [1.54, 1.807) is 6.33 Å². The molecule has 1 aliphatic rings. The molecule has 8 heteroatoms. The number of nitrogens with zero attached hydrogens (tertiary/aromatic N) is 3. The number of amides is 1. The molecule has 1 aliphatic carbocycles. The molecule has 1 fully saturated rings. The highest BCUT2D eigenvalue weighted by molar-refractivity contribution is 6.03. The van der Waals surface area contributed by atoms with E-state index in [1.165, 1.54) is 5.56 Å².